The zero-order chi connectivity index (χ0) is 18.7. The molecule has 2 heterocycles. The Balaban J connectivity index is 0.00000280. The van der Waals surface area contributed by atoms with E-state index < -0.39 is 0 Å². The van der Waals surface area contributed by atoms with Gasteiger partial charge in [0, 0.05) is 58.3 Å². The molecule has 28 heavy (non-hydrogen) atoms. The van der Waals surface area contributed by atoms with Gasteiger partial charge < -0.3 is 19.9 Å². The summed E-state index contributed by atoms with van der Waals surface area (Å²) in [7, 11) is 0. The van der Waals surface area contributed by atoms with E-state index in [9.17, 15) is 0 Å². The van der Waals surface area contributed by atoms with E-state index in [-0.39, 0.29) is 24.0 Å². The molecular weight excluding hydrogens is 467 g/mol. The third-order valence-electron chi connectivity index (χ3n) is 5.22. The van der Waals surface area contributed by atoms with Crippen LogP contribution in [0, 0.1) is 0 Å². The predicted molar refractivity (Wildman–Crippen MR) is 125 cm³/mol. The fraction of sp³-hybridized carbons (Fsp3) is 0.750. The molecule has 1 saturated carbocycles. The Morgan fingerprint density at radius 3 is 2.54 bits per heavy atom. The maximum absolute atomic E-state index is 6.01. The summed E-state index contributed by atoms with van der Waals surface area (Å²) in [5.41, 5.74) is 0. The minimum absolute atomic E-state index is 0. The molecule has 0 bridgehead atoms. The molecule has 0 amide bonds. The number of aromatic nitrogens is 2. The molecule has 1 N–H and O–H groups in total. The van der Waals surface area contributed by atoms with E-state index in [0.717, 1.165) is 64.2 Å². The molecule has 1 aliphatic carbocycles. The second-order valence-electron chi connectivity index (χ2n) is 7.24. The number of guanidine groups is 1. The van der Waals surface area contributed by atoms with Gasteiger partial charge in [-0.25, -0.2) is 9.97 Å². The van der Waals surface area contributed by atoms with Crippen LogP contribution in [-0.4, -0.2) is 72.8 Å². The molecule has 0 atom stereocenters. The monoisotopic (exact) mass is 502 g/mol. The molecule has 8 heteroatoms. The molecule has 2 aliphatic rings. The van der Waals surface area contributed by atoms with Crippen LogP contribution >= 0.6 is 24.0 Å². The van der Waals surface area contributed by atoms with Crippen molar-refractivity contribution >= 4 is 35.9 Å². The Kier molecular flexibility index (Phi) is 10.8. The van der Waals surface area contributed by atoms with E-state index in [1.54, 1.807) is 12.4 Å². The molecular formula is C20H35IN6O. The van der Waals surface area contributed by atoms with Gasteiger partial charge in [-0.15, -0.1) is 24.0 Å². The highest BCUT2D eigenvalue weighted by molar-refractivity contribution is 14.0. The zero-order valence-electron chi connectivity index (χ0n) is 17.1. The Labute approximate surface area is 186 Å². The number of nitrogens with zero attached hydrogens (tertiary/aromatic N) is 5. The Morgan fingerprint density at radius 1 is 1.14 bits per heavy atom. The number of hydrogen-bond acceptors (Lipinski definition) is 5. The molecule has 2 fully saturated rings. The Morgan fingerprint density at radius 2 is 1.86 bits per heavy atom. The molecule has 0 unspecified atom stereocenters. The second kappa shape index (κ2) is 13.1. The smallest absolute Gasteiger partial charge is 0.225 e. The maximum Gasteiger partial charge on any atom is 0.225 e. The summed E-state index contributed by atoms with van der Waals surface area (Å²) in [5, 5.41) is 3.43. The van der Waals surface area contributed by atoms with Gasteiger partial charge in [0.15, 0.2) is 5.96 Å². The third kappa shape index (κ3) is 7.35. The molecule has 1 aliphatic heterocycles. The number of hydrogen-bond donors (Lipinski definition) is 1. The van der Waals surface area contributed by atoms with E-state index in [1.165, 1.54) is 32.1 Å². The maximum atomic E-state index is 6.01. The summed E-state index contributed by atoms with van der Waals surface area (Å²) in [5.74, 6) is 1.84. The minimum atomic E-state index is 0. The van der Waals surface area contributed by atoms with Gasteiger partial charge in [-0.05, 0) is 32.3 Å². The molecule has 158 valence electrons. The lowest BCUT2D eigenvalue weighted by molar-refractivity contribution is 0.0281. The quantitative estimate of drug-likeness (QED) is 0.268. The van der Waals surface area contributed by atoms with E-state index in [4.69, 9.17) is 9.73 Å². The van der Waals surface area contributed by atoms with Gasteiger partial charge in [-0.2, -0.15) is 0 Å². The van der Waals surface area contributed by atoms with Crippen LogP contribution < -0.4 is 10.2 Å². The van der Waals surface area contributed by atoms with Gasteiger partial charge in [-0.1, -0.05) is 19.3 Å². The zero-order valence-corrected chi connectivity index (χ0v) is 19.4. The number of nitrogens with one attached hydrogen (secondary N) is 1. The van der Waals surface area contributed by atoms with Gasteiger partial charge in [0.1, 0.15) is 0 Å². The second-order valence-corrected chi connectivity index (χ2v) is 7.24. The molecule has 3 rings (SSSR count). The molecule has 1 aromatic rings. The standard InChI is InChI=1S/C20H34N6O.HI/c1-2-21-19(24-12-7-17-27-18-8-4-3-5-9-18)25-13-15-26(16-14-25)20-22-10-6-11-23-20;/h6,10-11,18H,2-5,7-9,12-17H2,1H3,(H,21,24);1H. The first-order chi connectivity index (χ1) is 13.4. The van der Waals surface area contributed by atoms with Crippen molar-refractivity contribution in [3.63, 3.8) is 0 Å². The van der Waals surface area contributed by atoms with Crippen LogP contribution in [0.15, 0.2) is 23.5 Å². The highest BCUT2D eigenvalue weighted by Crippen LogP contribution is 2.20. The van der Waals surface area contributed by atoms with Crippen LogP contribution in [-0.2, 0) is 4.74 Å². The SMILES string of the molecule is CCNC(=NCCCOC1CCCCC1)N1CCN(c2ncccn2)CC1.I. The number of aliphatic imine (C=N–C) groups is 1. The van der Waals surface area contributed by atoms with Gasteiger partial charge in [0.05, 0.1) is 6.10 Å². The van der Waals surface area contributed by atoms with Crippen molar-refractivity contribution in [2.45, 2.75) is 51.6 Å². The average Bonchev–Trinajstić information content (AvgIpc) is 2.74. The number of ether oxygens (including phenoxy) is 1. The van der Waals surface area contributed by atoms with Gasteiger partial charge in [0.2, 0.25) is 5.95 Å². The lowest BCUT2D eigenvalue weighted by Gasteiger charge is -2.36. The van der Waals surface area contributed by atoms with Crippen LogP contribution in [0.1, 0.15) is 45.4 Å². The summed E-state index contributed by atoms with van der Waals surface area (Å²) in [6.07, 6.45) is 11.6. The van der Waals surface area contributed by atoms with Crippen molar-refractivity contribution < 1.29 is 4.74 Å². The van der Waals surface area contributed by atoms with Crippen molar-refractivity contribution in [2.24, 2.45) is 4.99 Å². The van der Waals surface area contributed by atoms with Crippen LogP contribution in [0.4, 0.5) is 5.95 Å². The summed E-state index contributed by atoms with van der Waals surface area (Å²) in [6, 6.07) is 1.85. The number of halogens is 1. The summed E-state index contributed by atoms with van der Waals surface area (Å²) < 4.78 is 6.01. The topological polar surface area (TPSA) is 65.9 Å². The van der Waals surface area contributed by atoms with Gasteiger partial charge in [0.25, 0.3) is 0 Å². The molecule has 0 radical (unpaired) electrons. The van der Waals surface area contributed by atoms with Crippen LogP contribution in [0.5, 0.6) is 0 Å². The van der Waals surface area contributed by atoms with E-state index in [2.05, 4.69) is 32.0 Å². The van der Waals surface area contributed by atoms with Crippen LogP contribution in [0.2, 0.25) is 0 Å². The average molecular weight is 502 g/mol. The molecule has 0 spiro atoms. The minimum Gasteiger partial charge on any atom is -0.378 e. The fourth-order valence-electron chi connectivity index (χ4n) is 3.73. The first kappa shape index (κ1) is 23.1. The molecule has 1 saturated heterocycles. The Bertz CT molecular complexity index is 559. The summed E-state index contributed by atoms with van der Waals surface area (Å²) in [6.45, 7) is 8.35. The number of piperazine rings is 1. The third-order valence-corrected chi connectivity index (χ3v) is 5.22. The normalized spacial score (nSPS) is 18.7. The van der Waals surface area contributed by atoms with Crippen molar-refractivity contribution in [3.05, 3.63) is 18.5 Å². The highest BCUT2D eigenvalue weighted by atomic mass is 127. The first-order valence-corrected chi connectivity index (χ1v) is 10.5. The molecule has 1 aromatic heterocycles. The van der Waals surface area contributed by atoms with Crippen molar-refractivity contribution in [3.8, 4) is 0 Å². The number of anilines is 1. The van der Waals surface area contributed by atoms with E-state index in [0.29, 0.717) is 6.10 Å². The van der Waals surface area contributed by atoms with E-state index in [1.807, 2.05) is 6.07 Å². The Hall–Kier alpha value is -1.16. The van der Waals surface area contributed by atoms with Gasteiger partial charge >= 0.3 is 0 Å². The molecule has 7 nitrogen and oxygen atoms in total. The summed E-state index contributed by atoms with van der Waals surface area (Å²) in [4.78, 5) is 18.1. The fourth-order valence-corrected chi connectivity index (χ4v) is 3.73. The van der Waals surface area contributed by atoms with E-state index >= 15 is 0 Å². The van der Waals surface area contributed by atoms with Gasteiger partial charge in [-0.3, -0.25) is 4.99 Å². The molecule has 0 aromatic carbocycles. The lowest BCUT2D eigenvalue weighted by atomic mass is 9.98. The largest absolute Gasteiger partial charge is 0.378 e. The van der Waals surface area contributed by atoms with Crippen LogP contribution in [0.3, 0.4) is 0 Å². The van der Waals surface area contributed by atoms with Crippen molar-refractivity contribution in [2.75, 3.05) is 50.8 Å². The highest BCUT2D eigenvalue weighted by Gasteiger charge is 2.21. The van der Waals surface area contributed by atoms with Crippen molar-refractivity contribution in [1.82, 2.24) is 20.2 Å². The first-order valence-electron chi connectivity index (χ1n) is 10.5. The summed E-state index contributed by atoms with van der Waals surface area (Å²) >= 11 is 0. The van der Waals surface area contributed by atoms with Crippen molar-refractivity contribution in [1.29, 1.82) is 0 Å². The van der Waals surface area contributed by atoms with Crippen LogP contribution in [0.25, 0.3) is 0 Å². The number of rotatable bonds is 7. The lowest BCUT2D eigenvalue weighted by Crippen LogP contribution is -2.53. The predicted octanol–water partition coefficient (Wildman–Crippen LogP) is 2.92.